The Hall–Kier alpha value is -3.64. The van der Waals surface area contributed by atoms with Gasteiger partial charge in [0.2, 0.25) is 0 Å². The number of piperidine rings is 1. The second kappa shape index (κ2) is 11.0. The van der Waals surface area contributed by atoms with Crippen LogP contribution >= 0.6 is 0 Å². The Kier molecular flexibility index (Phi) is 7.33. The van der Waals surface area contributed by atoms with E-state index in [1.54, 1.807) is 13.2 Å². The number of methoxy groups -OCH3 is 1. The molecule has 0 amide bonds. The van der Waals surface area contributed by atoms with Crippen LogP contribution in [0, 0.1) is 11.6 Å². The molecule has 4 aromatic carbocycles. The number of rotatable bonds is 8. The molecule has 0 N–H and O–H groups in total. The lowest BCUT2D eigenvalue weighted by atomic mass is 9.99. The third kappa shape index (κ3) is 5.44. The Morgan fingerprint density at radius 3 is 2.25 bits per heavy atom. The first-order valence-electron chi connectivity index (χ1n) is 12.3. The van der Waals surface area contributed by atoms with Crippen LogP contribution in [0.3, 0.4) is 0 Å². The van der Waals surface area contributed by atoms with Gasteiger partial charge in [-0.2, -0.15) is 0 Å². The minimum absolute atomic E-state index is 0.527. The molecule has 1 aliphatic rings. The zero-order chi connectivity index (χ0) is 24.9. The van der Waals surface area contributed by atoms with Crippen molar-refractivity contribution in [3.63, 3.8) is 0 Å². The molecule has 1 saturated heterocycles. The lowest BCUT2D eigenvalue weighted by molar-refractivity contribution is 0.183. The van der Waals surface area contributed by atoms with Crippen molar-refractivity contribution in [2.24, 2.45) is 0 Å². The van der Waals surface area contributed by atoms with E-state index in [9.17, 15) is 8.78 Å². The molecule has 0 aromatic heterocycles. The summed E-state index contributed by atoms with van der Waals surface area (Å²) in [6.45, 7) is 3.86. The van der Waals surface area contributed by atoms with Crippen LogP contribution in [0.5, 0.6) is 23.0 Å². The van der Waals surface area contributed by atoms with Crippen LogP contribution in [0.25, 0.3) is 21.9 Å². The average Bonchev–Trinajstić information content (AvgIpc) is 2.91. The summed E-state index contributed by atoms with van der Waals surface area (Å²) < 4.78 is 45.3. The summed E-state index contributed by atoms with van der Waals surface area (Å²) >= 11 is 0. The van der Waals surface area contributed by atoms with Crippen LogP contribution in [0.1, 0.15) is 19.3 Å². The fourth-order valence-corrected chi connectivity index (χ4v) is 4.60. The Balaban J connectivity index is 1.40. The van der Waals surface area contributed by atoms with Crippen LogP contribution < -0.4 is 14.2 Å². The van der Waals surface area contributed by atoms with E-state index in [2.05, 4.69) is 4.90 Å². The third-order valence-electron chi connectivity index (χ3n) is 6.58. The molecule has 1 fully saturated rings. The minimum Gasteiger partial charge on any atom is -0.497 e. The van der Waals surface area contributed by atoms with E-state index < -0.39 is 11.6 Å². The van der Waals surface area contributed by atoms with Gasteiger partial charge in [0.1, 0.15) is 29.6 Å². The zero-order valence-corrected chi connectivity index (χ0v) is 20.3. The molecule has 1 aliphatic heterocycles. The molecule has 0 aliphatic carbocycles. The quantitative estimate of drug-likeness (QED) is 0.257. The molecule has 36 heavy (non-hydrogen) atoms. The van der Waals surface area contributed by atoms with E-state index in [0.717, 1.165) is 48.0 Å². The molecule has 5 rings (SSSR count). The monoisotopic (exact) mass is 489 g/mol. The van der Waals surface area contributed by atoms with Crippen LogP contribution in [0.15, 0.2) is 72.8 Å². The second-order valence-electron chi connectivity index (χ2n) is 8.98. The predicted molar refractivity (Wildman–Crippen MR) is 138 cm³/mol. The van der Waals surface area contributed by atoms with Gasteiger partial charge in [0, 0.05) is 17.5 Å². The number of benzene rings is 4. The maximum absolute atomic E-state index is 14.1. The number of halogens is 2. The van der Waals surface area contributed by atoms with Crippen molar-refractivity contribution in [2.45, 2.75) is 19.3 Å². The molecular weight excluding hydrogens is 460 g/mol. The standard InChI is InChI=1S/C30H29F2NO3/c1-34-25-11-13-27-21(19-25)5-12-26(22-6-14-28(31)29(32)20-22)30(27)36-24-9-7-23(8-10-24)35-18-17-33-15-3-2-4-16-33/h5-14,19-20H,2-4,15-18H2,1H3. The number of likely N-dealkylation sites (tertiary alicyclic amines) is 1. The highest BCUT2D eigenvalue weighted by atomic mass is 19.2. The van der Waals surface area contributed by atoms with E-state index >= 15 is 0 Å². The summed E-state index contributed by atoms with van der Waals surface area (Å²) in [7, 11) is 1.62. The summed E-state index contributed by atoms with van der Waals surface area (Å²) in [5, 5.41) is 1.74. The fraction of sp³-hybridized carbons (Fsp3) is 0.267. The summed E-state index contributed by atoms with van der Waals surface area (Å²) in [4.78, 5) is 2.44. The fourth-order valence-electron chi connectivity index (χ4n) is 4.60. The number of hydrogen-bond donors (Lipinski definition) is 0. The number of ether oxygens (including phenoxy) is 3. The topological polar surface area (TPSA) is 30.9 Å². The van der Waals surface area contributed by atoms with E-state index in [-0.39, 0.29) is 0 Å². The van der Waals surface area contributed by atoms with Crippen molar-refractivity contribution in [1.29, 1.82) is 0 Å². The zero-order valence-electron chi connectivity index (χ0n) is 20.3. The maximum atomic E-state index is 14.1. The second-order valence-corrected chi connectivity index (χ2v) is 8.98. The van der Waals surface area contributed by atoms with Crippen LogP contribution in [-0.4, -0.2) is 38.3 Å². The van der Waals surface area contributed by atoms with Crippen molar-refractivity contribution in [1.82, 2.24) is 4.90 Å². The SMILES string of the molecule is COc1ccc2c(Oc3ccc(OCCN4CCCCC4)cc3)c(-c3ccc(F)c(F)c3)ccc2c1. The Morgan fingerprint density at radius 1 is 0.750 bits per heavy atom. The Morgan fingerprint density at radius 2 is 1.50 bits per heavy atom. The molecular formula is C30H29F2NO3. The van der Waals surface area contributed by atoms with E-state index in [0.29, 0.717) is 29.2 Å². The van der Waals surface area contributed by atoms with Gasteiger partial charge in [-0.3, -0.25) is 4.90 Å². The number of hydrogen-bond acceptors (Lipinski definition) is 4. The molecule has 6 heteroatoms. The molecule has 0 bridgehead atoms. The van der Waals surface area contributed by atoms with Crippen LogP contribution in [-0.2, 0) is 0 Å². The molecule has 1 heterocycles. The largest absolute Gasteiger partial charge is 0.497 e. The highest BCUT2D eigenvalue weighted by molar-refractivity contribution is 5.96. The van der Waals surface area contributed by atoms with Crippen LogP contribution in [0.2, 0.25) is 0 Å². The lowest BCUT2D eigenvalue weighted by Gasteiger charge is -2.26. The molecule has 4 aromatic rings. The number of fused-ring (bicyclic) bond motifs is 1. The molecule has 0 radical (unpaired) electrons. The van der Waals surface area contributed by atoms with Gasteiger partial charge >= 0.3 is 0 Å². The molecule has 0 unspecified atom stereocenters. The summed E-state index contributed by atoms with van der Waals surface area (Å²) in [5.74, 6) is 0.885. The van der Waals surface area contributed by atoms with E-state index in [4.69, 9.17) is 14.2 Å². The van der Waals surface area contributed by atoms with E-state index in [1.807, 2.05) is 54.6 Å². The van der Waals surface area contributed by atoms with Gasteiger partial charge in [0.15, 0.2) is 11.6 Å². The first-order chi connectivity index (χ1) is 17.6. The molecule has 186 valence electrons. The van der Waals surface area contributed by atoms with Crippen molar-refractivity contribution in [2.75, 3.05) is 33.4 Å². The Labute approximate surface area is 210 Å². The van der Waals surface area contributed by atoms with Gasteiger partial charge in [-0.05, 0) is 97.5 Å². The highest BCUT2D eigenvalue weighted by Crippen LogP contribution is 2.41. The molecule has 0 atom stereocenters. The predicted octanol–water partition coefficient (Wildman–Crippen LogP) is 7.45. The first kappa shape index (κ1) is 24.1. The normalized spacial score (nSPS) is 14.1. The molecule has 0 spiro atoms. The first-order valence-corrected chi connectivity index (χ1v) is 12.3. The molecule has 0 saturated carbocycles. The van der Waals surface area contributed by atoms with Crippen LogP contribution in [0.4, 0.5) is 8.78 Å². The summed E-state index contributed by atoms with van der Waals surface area (Å²) in [5.41, 5.74) is 1.19. The summed E-state index contributed by atoms with van der Waals surface area (Å²) in [6.07, 6.45) is 3.85. The van der Waals surface area contributed by atoms with Gasteiger partial charge in [0.05, 0.1) is 7.11 Å². The van der Waals surface area contributed by atoms with Crippen molar-refractivity contribution in [3.8, 4) is 34.1 Å². The van der Waals surface area contributed by atoms with Gasteiger partial charge in [-0.15, -0.1) is 0 Å². The van der Waals surface area contributed by atoms with Crippen molar-refractivity contribution < 1.29 is 23.0 Å². The van der Waals surface area contributed by atoms with Gasteiger partial charge < -0.3 is 14.2 Å². The van der Waals surface area contributed by atoms with Gasteiger partial charge in [-0.25, -0.2) is 8.78 Å². The summed E-state index contributed by atoms with van der Waals surface area (Å²) in [6, 6.07) is 20.8. The van der Waals surface area contributed by atoms with Crippen molar-refractivity contribution >= 4 is 10.8 Å². The minimum atomic E-state index is -0.903. The lowest BCUT2D eigenvalue weighted by Crippen LogP contribution is -2.33. The molecule has 4 nitrogen and oxygen atoms in total. The maximum Gasteiger partial charge on any atom is 0.159 e. The Bertz CT molecular complexity index is 1330. The van der Waals surface area contributed by atoms with Gasteiger partial charge in [0.25, 0.3) is 0 Å². The van der Waals surface area contributed by atoms with E-state index in [1.165, 1.54) is 25.3 Å². The van der Waals surface area contributed by atoms with Crippen molar-refractivity contribution in [3.05, 3.63) is 84.4 Å². The van der Waals surface area contributed by atoms with Gasteiger partial charge in [-0.1, -0.05) is 18.6 Å². The number of nitrogens with zero attached hydrogens (tertiary/aromatic N) is 1. The highest BCUT2D eigenvalue weighted by Gasteiger charge is 2.15. The third-order valence-corrected chi connectivity index (χ3v) is 6.58. The smallest absolute Gasteiger partial charge is 0.159 e. The average molecular weight is 490 g/mol.